The molecule has 0 saturated carbocycles. The minimum atomic E-state index is 0.220. The summed E-state index contributed by atoms with van der Waals surface area (Å²) in [5, 5.41) is 0. The summed E-state index contributed by atoms with van der Waals surface area (Å²) < 4.78 is 0. The van der Waals surface area contributed by atoms with Crippen LogP contribution in [0.25, 0.3) is 0 Å². The van der Waals surface area contributed by atoms with E-state index in [0.29, 0.717) is 45.6 Å². The second-order valence-electron chi connectivity index (χ2n) is 5.11. The third-order valence-corrected chi connectivity index (χ3v) is 3.54. The van der Waals surface area contributed by atoms with Crippen molar-refractivity contribution in [3.63, 3.8) is 0 Å². The van der Waals surface area contributed by atoms with Crippen molar-refractivity contribution in [2.45, 2.75) is 45.4 Å². The van der Waals surface area contributed by atoms with Gasteiger partial charge in [0.05, 0.1) is 0 Å². The van der Waals surface area contributed by atoms with Gasteiger partial charge in [-0.2, -0.15) is 0 Å². The van der Waals surface area contributed by atoms with E-state index < -0.39 is 0 Å². The van der Waals surface area contributed by atoms with Crippen LogP contribution in [0.5, 0.6) is 0 Å². The average molecular weight is 269 g/mol. The van der Waals surface area contributed by atoms with Gasteiger partial charge in [0.1, 0.15) is 0 Å². The number of nitrogens with two attached hydrogens (primary N) is 1. The first-order chi connectivity index (χ1) is 9.19. The first-order valence-electron chi connectivity index (χ1n) is 7.44. The van der Waals surface area contributed by atoms with E-state index in [2.05, 4.69) is 0 Å². The first-order valence-corrected chi connectivity index (χ1v) is 7.44. The van der Waals surface area contributed by atoms with E-state index in [1.165, 1.54) is 0 Å². The Hall–Kier alpha value is -1.10. The predicted molar refractivity (Wildman–Crippen MR) is 75.6 cm³/mol. The third kappa shape index (κ3) is 5.59. The van der Waals surface area contributed by atoms with E-state index in [1.807, 2.05) is 16.7 Å². The van der Waals surface area contributed by atoms with Crippen LogP contribution in [0.2, 0.25) is 0 Å². The molecule has 0 radical (unpaired) electrons. The topological polar surface area (TPSA) is 66.6 Å². The number of hydrogen-bond donors (Lipinski definition) is 1. The second kappa shape index (κ2) is 8.91. The molecule has 0 bridgehead atoms. The zero-order valence-corrected chi connectivity index (χ0v) is 12.1. The van der Waals surface area contributed by atoms with Crippen LogP contribution >= 0.6 is 0 Å². The Morgan fingerprint density at radius 1 is 0.895 bits per heavy atom. The van der Waals surface area contributed by atoms with E-state index in [9.17, 15) is 9.59 Å². The van der Waals surface area contributed by atoms with Gasteiger partial charge < -0.3 is 15.5 Å². The van der Waals surface area contributed by atoms with Crippen molar-refractivity contribution in [3.8, 4) is 0 Å². The molecule has 110 valence electrons. The lowest BCUT2D eigenvalue weighted by atomic mass is 10.1. The molecule has 5 heteroatoms. The SMILES string of the molecule is CCCC(=O)N1CCN(C(=O)CCCCCN)CC1. The Kier molecular flexibility index (Phi) is 7.48. The summed E-state index contributed by atoms with van der Waals surface area (Å²) in [5.74, 6) is 0.442. The zero-order chi connectivity index (χ0) is 14.1. The Balaban J connectivity index is 2.21. The monoisotopic (exact) mass is 269 g/mol. The van der Waals surface area contributed by atoms with Crippen LogP contribution < -0.4 is 5.73 Å². The smallest absolute Gasteiger partial charge is 0.222 e. The molecule has 2 amide bonds. The number of nitrogens with zero attached hydrogens (tertiary/aromatic N) is 2. The van der Waals surface area contributed by atoms with Crippen molar-refractivity contribution < 1.29 is 9.59 Å². The van der Waals surface area contributed by atoms with Gasteiger partial charge in [-0.15, -0.1) is 0 Å². The average Bonchev–Trinajstić information content (AvgIpc) is 2.44. The van der Waals surface area contributed by atoms with Crippen molar-refractivity contribution in [2.75, 3.05) is 32.7 Å². The maximum Gasteiger partial charge on any atom is 0.222 e. The van der Waals surface area contributed by atoms with Crippen molar-refractivity contribution in [1.82, 2.24) is 9.80 Å². The first kappa shape index (κ1) is 16.0. The largest absolute Gasteiger partial charge is 0.339 e. The fourth-order valence-electron chi connectivity index (χ4n) is 2.33. The maximum atomic E-state index is 12.0. The molecule has 0 atom stereocenters. The van der Waals surface area contributed by atoms with Crippen LogP contribution in [0.4, 0.5) is 0 Å². The highest BCUT2D eigenvalue weighted by molar-refractivity contribution is 5.78. The summed E-state index contributed by atoms with van der Waals surface area (Å²) in [4.78, 5) is 27.4. The lowest BCUT2D eigenvalue weighted by molar-refractivity contribution is -0.139. The minimum Gasteiger partial charge on any atom is -0.339 e. The Bertz CT molecular complexity index is 286. The Morgan fingerprint density at radius 2 is 1.42 bits per heavy atom. The summed E-state index contributed by atoms with van der Waals surface area (Å²) in [6.07, 6.45) is 5.06. The van der Waals surface area contributed by atoms with Gasteiger partial charge in [-0.1, -0.05) is 13.3 Å². The molecular weight excluding hydrogens is 242 g/mol. The molecule has 1 rings (SSSR count). The predicted octanol–water partition coefficient (Wildman–Crippen LogP) is 0.976. The summed E-state index contributed by atoms with van der Waals surface area (Å²) in [6, 6.07) is 0. The molecule has 0 aliphatic carbocycles. The van der Waals surface area contributed by atoms with Crippen LogP contribution in [0.15, 0.2) is 0 Å². The molecule has 1 heterocycles. The van der Waals surface area contributed by atoms with E-state index in [0.717, 1.165) is 25.7 Å². The number of rotatable bonds is 7. The molecule has 0 spiro atoms. The van der Waals surface area contributed by atoms with Gasteiger partial charge in [0.2, 0.25) is 11.8 Å². The van der Waals surface area contributed by atoms with Gasteiger partial charge in [-0.05, 0) is 25.8 Å². The lowest BCUT2D eigenvalue weighted by Gasteiger charge is -2.35. The van der Waals surface area contributed by atoms with Crippen molar-refractivity contribution in [3.05, 3.63) is 0 Å². The minimum absolute atomic E-state index is 0.220. The summed E-state index contributed by atoms with van der Waals surface area (Å²) in [7, 11) is 0. The Morgan fingerprint density at radius 3 is 1.89 bits per heavy atom. The van der Waals surface area contributed by atoms with Gasteiger partial charge in [0, 0.05) is 39.0 Å². The fraction of sp³-hybridized carbons (Fsp3) is 0.857. The molecule has 19 heavy (non-hydrogen) atoms. The molecule has 1 aliphatic heterocycles. The van der Waals surface area contributed by atoms with Crippen molar-refractivity contribution in [2.24, 2.45) is 5.73 Å². The van der Waals surface area contributed by atoms with Crippen LogP contribution in [0.1, 0.15) is 45.4 Å². The third-order valence-electron chi connectivity index (χ3n) is 3.54. The number of carbonyl (C=O) groups is 2. The van der Waals surface area contributed by atoms with Crippen molar-refractivity contribution in [1.29, 1.82) is 0 Å². The number of hydrogen-bond acceptors (Lipinski definition) is 3. The van der Waals surface area contributed by atoms with Crippen LogP contribution in [-0.4, -0.2) is 54.3 Å². The second-order valence-corrected chi connectivity index (χ2v) is 5.11. The maximum absolute atomic E-state index is 12.0. The lowest BCUT2D eigenvalue weighted by Crippen LogP contribution is -2.50. The molecule has 1 aliphatic rings. The van der Waals surface area contributed by atoms with Crippen LogP contribution in [0.3, 0.4) is 0 Å². The van der Waals surface area contributed by atoms with Gasteiger partial charge in [-0.25, -0.2) is 0 Å². The molecule has 0 aromatic carbocycles. The van der Waals surface area contributed by atoms with Gasteiger partial charge in [-0.3, -0.25) is 9.59 Å². The quantitative estimate of drug-likeness (QED) is 0.701. The summed E-state index contributed by atoms with van der Waals surface area (Å²) >= 11 is 0. The van der Waals surface area contributed by atoms with Crippen molar-refractivity contribution >= 4 is 11.8 Å². The highest BCUT2D eigenvalue weighted by atomic mass is 16.2. The highest BCUT2D eigenvalue weighted by Crippen LogP contribution is 2.08. The molecule has 0 aromatic rings. The summed E-state index contributed by atoms with van der Waals surface area (Å²) in [6.45, 7) is 5.46. The summed E-state index contributed by atoms with van der Waals surface area (Å²) in [5.41, 5.74) is 5.42. The van der Waals surface area contributed by atoms with Gasteiger partial charge in [0.25, 0.3) is 0 Å². The molecular formula is C14H27N3O2. The van der Waals surface area contributed by atoms with E-state index in [1.54, 1.807) is 0 Å². The molecule has 5 nitrogen and oxygen atoms in total. The molecule has 2 N–H and O–H groups in total. The Labute approximate surface area is 116 Å². The van der Waals surface area contributed by atoms with E-state index in [4.69, 9.17) is 5.73 Å². The van der Waals surface area contributed by atoms with Gasteiger partial charge in [0.15, 0.2) is 0 Å². The molecule has 1 saturated heterocycles. The number of amides is 2. The number of carbonyl (C=O) groups excluding carboxylic acids is 2. The van der Waals surface area contributed by atoms with Gasteiger partial charge >= 0.3 is 0 Å². The fourth-order valence-corrected chi connectivity index (χ4v) is 2.33. The van der Waals surface area contributed by atoms with Crippen LogP contribution in [-0.2, 0) is 9.59 Å². The standard InChI is InChI=1S/C14H27N3O2/c1-2-6-13(18)16-9-11-17(12-10-16)14(19)7-4-3-5-8-15/h2-12,15H2,1H3. The van der Waals surface area contributed by atoms with Crippen LogP contribution in [0, 0.1) is 0 Å². The highest BCUT2D eigenvalue weighted by Gasteiger charge is 2.22. The van der Waals surface area contributed by atoms with E-state index in [-0.39, 0.29) is 11.8 Å². The molecule has 0 aromatic heterocycles. The normalized spacial score (nSPS) is 15.7. The number of unbranched alkanes of at least 4 members (excludes halogenated alkanes) is 2. The number of piperazine rings is 1. The zero-order valence-electron chi connectivity index (χ0n) is 12.1. The van der Waals surface area contributed by atoms with E-state index >= 15 is 0 Å². The molecule has 1 fully saturated rings. The molecule has 0 unspecified atom stereocenters.